The van der Waals surface area contributed by atoms with E-state index >= 15 is 0 Å². The summed E-state index contributed by atoms with van der Waals surface area (Å²) in [5.41, 5.74) is 2.99. The third kappa shape index (κ3) is 2.33. The smallest absolute Gasteiger partial charge is 0.231 e. The highest BCUT2D eigenvalue weighted by Gasteiger charge is 2.46. The van der Waals surface area contributed by atoms with Crippen LogP contribution in [0.25, 0.3) is 0 Å². The molecule has 1 aromatic heterocycles. The molecule has 130 valence electrons. The van der Waals surface area contributed by atoms with Gasteiger partial charge in [-0.05, 0) is 43.5 Å². The zero-order chi connectivity index (χ0) is 17.0. The minimum Gasteiger partial charge on any atom is -0.453 e. The van der Waals surface area contributed by atoms with Gasteiger partial charge in [0, 0.05) is 48.4 Å². The van der Waals surface area contributed by atoms with Crippen LogP contribution in [0.1, 0.15) is 29.2 Å². The molecule has 3 unspecified atom stereocenters. The fourth-order valence-corrected chi connectivity index (χ4v) is 4.97. The molecule has 4 nitrogen and oxygen atoms in total. The largest absolute Gasteiger partial charge is 0.453 e. The van der Waals surface area contributed by atoms with Crippen LogP contribution < -0.4 is 9.47 Å². The molecule has 1 saturated heterocycles. The Morgan fingerprint density at radius 2 is 2.24 bits per heavy atom. The first kappa shape index (κ1) is 15.1. The number of likely N-dealkylation sites (tertiary alicyclic amines) is 1. The van der Waals surface area contributed by atoms with Crippen LogP contribution in [0.5, 0.6) is 11.5 Å². The van der Waals surface area contributed by atoms with Crippen molar-refractivity contribution in [2.24, 2.45) is 5.92 Å². The Morgan fingerprint density at radius 1 is 1.32 bits per heavy atom. The van der Waals surface area contributed by atoms with Crippen LogP contribution in [0, 0.1) is 11.7 Å². The summed E-state index contributed by atoms with van der Waals surface area (Å²) in [5.74, 6) is 1.86. The lowest BCUT2D eigenvalue weighted by Crippen LogP contribution is -2.33. The lowest BCUT2D eigenvalue weighted by atomic mass is 9.73. The predicted octanol–water partition coefficient (Wildman–Crippen LogP) is 3.15. The monoisotopic (exact) mass is 340 g/mol. The lowest BCUT2D eigenvalue weighted by molar-refractivity contribution is 0.172. The number of aromatic nitrogens is 1. The van der Waals surface area contributed by atoms with Crippen LogP contribution in [0.15, 0.2) is 30.5 Å². The molecule has 3 heterocycles. The Balaban J connectivity index is 1.50. The van der Waals surface area contributed by atoms with Crippen LogP contribution in [0.3, 0.4) is 0 Å². The van der Waals surface area contributed by atoms with Crippen molar-refractivity contribution in [2.45, 2.75) is 31.2 Å². The normalized spacial score (nSPS) is 27.2. The molecule has 0 N–H and O–H groups in total. The van der Waals surface area contributed by atoms with Crippen LogP contribution in [0.2, 0.25) is 0 Å². The first-order valence-electron chi connectivity index (χ1n) is 8.93. The molecule has 25 heavy (non-hydrogen) atoms. The Labute approximate surface area is 146 Å². The summed E-state index contributed by atoms with van der Waals surface area (Å²) in [5, 5.41) is 0. The van der Waals surface area contributed by atoms with E-state index in [-0.39, 0.29) is 18.5 Å². The Morgan fingerprint density at radius 3 is 3.08 bits per heavy atom. The van der Waals surface area contributed by atoms with Gasteiger partial charge in [-0.1, -0.05) is 6.07 Å². The molecule has 5 rings (SSSR count). The van der Waals surface area contributed by atoms with Crippen molar-refractivity contribution >= 4 is 0 Å². The van der Waals surface area contributed by atoms with Gasteiger partial charge in [-0.25, -0.2) is 4.39 Å². The number of halogens is 1. The molecule has 1 fully saturated rings. The van der Waals surface area contributed by atoms with E-state index in [1.54, 1.807) is 0 Å². The zero-order valence-electron chi connectivity index (χ0n) is 14.2. The van der Waals surface area contributed by atoms with Crippen molar-refractivity contribution < 1.29 is 13.9 Å². The quantitative estimate of drug-likeness (QED) is 0.841. The highest BCUT2D eigenvalue weighted by molar-refractivity contribution is 5.55. The second-order valence-corrected chi connectivity index (χ2v) is 7.33. The molecule has 1 aromatic carbocycles. The average molecular weight is 340 g/mol. The van der Waals surface area contributed by atoms with E-state index in [4.69, 9.17) is 9.47 Å². The molecule has 0 amide bonds. The van der Waals surface area contributed by atoms with E-state index in [0.717, 1.165) is 48.4 Å². The summed E-state index contributed by atoms with van der Waals surface area (Å²) in [7, 11) is 2.15. The number of nitrogens with zero attached hydrogens (tertiary/aromatic N) is 2. The summed E-state index contributed by atoms with van der Waals surface area (Å²) in [4.78, 5) is 6.86. The second kappa shape index (κ2) is 5.70. The molecule has 2 aliphatic heterocycles. The summed E-state index contributed by atoms with van der Waals surface area (Å²) in [6.07, 6.45) is 4.67. The number of hydrogen-bond acceptors (Lipinski definition) is 4. The first-order chi connectivity index (χ1) is 12.2. The molecule has 2 aromatic rings. The molecule has 5 heteroatoms. The van der Waals surface area contributed by atoms with Gasteiger partial charge in [-0.3, -0.25) is 4.98 Å². The Bertz CT molecular complexity index is 811. The molecular weight excluding hydrogens is 319 g/mol. The molecular formula is C20H21FN2O2. The van der Waals surface area contributed by atoms with Crippen molar-refractivity contribution in [2.75, 3.05) is 20.4 Å². The van der Waals surface area contributed by atoms with Gasteiger partial charge in [0.1, 0.15) is 5.82 Å². The fourth-order valence-electron chi connectivity index (χ4n) is 4.97. The zero-order valence-corrected chi connectivity index (χ0v) is 14.2. The van der Waals surface area contributed by atoms with Gasteiger partial charge < -0.3 is 14.4 Å². The number of rotatable bonds is 2. The third-order valence-corrected chi connectivity index (χ3v) is 6.06. The number of pyridine rings is 1. The van der Waals surface area contributed by atoms with E-state index in [2.05, 4.69) is 23.0 Å². The topological polar surface area (TPSA) is 34.6 Å². The first-order valence-corrected chi connectivity index (χ1v) is 8.93. The minimum absolute atomic E-state index is 0.138. The van der Waals surface area contributed by atoms with Gasteiger partial charge in [0.05, 0.1) is 0 Å². The van der Waals surface area contributed by atoms with Gasteiger partial charge >= 0.3 is 0 Å². The summed E-state index contributed by atoms with van der Waals surface area (Å²) in [6.45, 7) is 1.08. The van der Waals surface area contributed by atoms with Gasteiger partial charge in [0.2, 0.25) is 6.79 Å². The lowest BCUT2D eigenvalue weighted by Gasteiger charge is -2.32. The predicted molar refractivity (Wildman–Crippen MR) is 91.4 cm³/mol. The number of benzene rings is 1. The average Bonchev–Trinajstić information content (AvgIpc) is 3.20. The van der Waals surface area contributed by atoms with Crippen LogP contribution in [-0.2, 0) is 12.8 Å². The van der Waals surface area contributed by atoms with Gasteiger partial charge in [-0.15, -0.1) is 0 Å². The second-order valence-electron chi connectivity index (χ2n) is 7.33. The Kier molecular flexibility index (Phi) is 3.45. The molecule has 0 spiro atoms. The third-order valence-electron chi connectivity index (χ3n) is 6.06. The van der Waals surface area contributed by atoms with Crippen molar-refractivity contribution in [3.05, 3.63) is 53.1 Å². The maximum Gasteiger partial charge on any atom is 0.231 e. The number of likely N-dealkylation sites (N-methyl/N-ethyl adjacent to an activating group) is 1. The number of ether oxygens (including phenoxy) is 2. The van der Waals surface area contributed by atoms with Crippen molar-refractivity contribution in [3.8, 4) is 11.5 Å². The van der Waals surface area contributed by atoms with E-state index in [9.17, 15) is 4.39 Å². The van der Waals surface area contributed by atoms with Crippen LogP contribution in [0.4, 0.5) is 4.39 Å². The molecule has 0 radical (unpaired) electrons. The fraction of sp³-hybridized carbons (Fsp3) is 0.450. The molecule has 1 aliphatic carbocycles. The molecule has 3 atom stereocenters. The van der Waals surface area contributed by atoms with E-state index in [1.807, 2.05) is 18.3 Å². The number of fused-ring (bicyclic) bond motifs is 5. The highest BCUT2D eigenvalue weighted by atomic mass is 19.1. The maximum atomic E-state index is 14.9. The summed E-state index contributed by atoms with van der Waals surface area (Å²) in [6, 6.07) is 7.97. The highest BCUT2D eigenvalue weighted by Crippen LogP contribution is 2.51. The molecule has 0 bridgehead atoms. The van der Waals surface area contributed by atoms with Gasteiger partial charge in [0.25, 0.3) is 0 Å². The molecule has 3 aliphatic rings. The number of hydrogen-bond donors (Lipinski definition) is 0. The summed E-state index contributed by atoms with van der Waals surface area (Å²) >= 11 is 0. The molecule has 0 saturated carbocycles. The van der Waals surface area contributed by atoms with Crippen LogP contribution in [-0.4, -0.2) is 36.3 Å². The maximum absolute atomic E-state index is 14.9. The van der Waals surface area contributed by atoms with E-state index in [0.29, 0.717) is 17.7 Å². The van der Waals surface area contributed by atoms with Crippen molar-refractivity contribution in [1.82, 2.24) is 9.88 Å². The minimum atomic E-state index is -0.138. The summed E-state index contributed by atoms with van der Waals surface area (Å²) < 4.78 is 25.9. The SMILES string of the molecule is CN1CC2c3c(F)cc4c(c3CCC2C1Cc1ccccn1)OCO4. The Hall–Kier alpha value is -2.14. The van der Waals surface area contributed by atoms with E-state index < -0.39 is 0 Å². The van der Waals surface area contributed by atoms with E-state index in [1.165, 1.54) is 6.07 Å². The van der Waals surface area contributed by atoms with Crippen LogP contribution >= 0.6 is 0 Å². The van der Waals surface area contributed by atoms with Crippen molar-refractivity contribution in [3.63, 3.8) is 0 Å². The standard InChI is InChI=1S/C20H21FN2O2/c1-23-10-15-13(17(23)8-12-4-2-3-7-22-12)5-6-14-19(15)16(21)9-18-20(14)25-11-24-18/h2-4,7,9,13,15,17H,5-6,8,10-11H2,1H3. The van der Waals surface area contributed by atoms with Crippen molar-refractivity contribution in [1.29, 1.82) is 0 Å². The van der Waals surface area contributed by atoms with Gasteiger partial charge in [-0.2, -0.15) is 0 Å². The van der Waals surface area contributed by atoms with Gasteiger partial charge in [0.15, 0.2) is 11.5 Å².